The van der Waals surface area contributed by atoms with Gasteiger partial charge in [-0.2, -0.15) is 0 Å². The molecule has 4 heteroatoms. The highest BCUT2D eigenvalue weighted by Gasteiger charge is 2.42. The van der Waals surface area contributed by atoms with Gasteiger partial charge >= 0.3 is 0 Å². The van der Waals surface area contributed by atoms with E-state index in [0.29, 0.717) is 31.3 Å². The van der Waals surface area contributed by atoms with Gasteiger partial charge in [-0.15, -0.1) is 0 Å². The van der Waals surface area contributed by atoms with E-state index in [0.717, 1.165) is 42.6 Å². The largest absolute Gasteiger partial charge is 0.504 e. The molecule has 1 aromatic rings. The normalized spacial score (nSPS) is 22.3. The number of hydrogen-bond acceptors (Lipinski definition) is 4. The summed E-state index contributed by atoms with van der Waals surface area (Å²) >= 11 is 0. The van der Waals surface area contributed by atoms with Crippen molar-refractivity contribution < 1.29 is 14.6 Å². The van der Waals surface area contributed by atoms with E-state index < -0.39 is 0 Å². The van der Waals surface area contributed by atoms with Gasteiger partial charge in [-0.3, -0.25) is 0 Å². The third-order valence-corrected chi connectivity index (χ3v) is 5.51. The highest BCUT2D eigenvalue weighted by molar-refractivity contribution is 5.67. The van der Waals surface area contributed by atoms with Gasteiger partial charge in [0.25, 0.3) is 0 Å². The minimum absolute atomic E-state index is 0.0121. The summed E-state index contributed by atoms with van der Waals surface area (Å²) in [5.41, 5.74) is 9.60. The van der Waals surface area contributed by atoms with Gasteiger partial charge in [0.15, 0.2) is 11.5 Å². The van der Waals surface area contributed by atoms with Crippen LogP contribution in [-0.2, 0) is 18.3 Å². The van der Waals surface area contributed by atoms with Crippen molar-refractivity contribution in [3.8, 4) is 17.2 Å². The zero-order valence-corrected chi connectivity index (χ0v) is 12.4. The van der Waals surface area contributed by atoms with Crippen LogP contribution in [0.5, 0.6) is 17.2 Å². The Balaban J connectivity index is 1.96. The number of benzene rings is 1. The minimum atomic E-state index is 0.0121. The zero-order chi connectivity index (χ0) is 14.4. The first-order valence-electron chi connectivity index (χ1n) is 8.14. The first-order valence-corrected chi connectivity index (χ1v) is 8.14. The van der Waals surface area contributed by atoms with Crippen LogP contribution >= 0.6 is 0 Å². The van der Waals surface area contributed by atoms with E-state index in [-0.39, 0.29) is 5.41 Å². The molecular formula is C17H23NO3. The molecule has 21 heavy (non-hydrogen) atoms. The molecule has 0 unspecified atom stereocenters. The van der Waals surface area contributed by atoms with Gasteiger partial charge in [0.05, 0.1) is 13.2 Å². The Bertz CT molecular complexity index is 541. The van der Waals surface area contributed by atoms with Crippen molar-refractivity contribution in [1.29, 1.82) is 0 Å². The van der Waals surface area contributed by atoms with E-state index in [9.17, 15) is 5.11 Å². The van der Waals surface area contributed by atoms with E-state index in [1.807, 2.05) is 0 Å². The molecule has 3 aliphatic rings. The Kier molecular flexibility index (Phi) is 3.03. The molecule has 1 saturated carbocycles. The Labute approximate surface area is 125 Å². The van der Waals surface area contributed by atoms with Crippen LogP contribution in [0.15, 0.2) is 0 Å². The molecule has 3 N–H and O–H groups in total. The quantitative estimate of drug-likeness (QED) is 0.877. The van der Waals surface area contributed by atoms with Crippen molar-refractivity contribution >= 4 is 0 Å². The maximum atomic E-state index is 10.5. The van der Waals surface area contributed by atoms with Gasteiger partial charge in [0.2, 0.25) is 0 Å². The van der Waals surface area contributed by atoms with Crippen LogP contribution in [0, 0.1) is 0 Å². The molecule has 0 saturated heterocycles. The lowest BCUT2D eigenvalue weighted by molar-refractivity contribution is 0.280. The third-order valence-electron chi connectivity index (χ3n) is 5.51. The molecule has 1 aliphatic carbocycles. The lowest BCUT2D eigenvalue weighted by Crippen LogP contribution is -2.38. The highest BCUT2D eigenvalue weighted by atomic mass is 16.5. The summed E-state index contributed by atoms with van der Waals surface area (Å²) in [4.78, 5) is 0. The number of hydrogen-bond donors (Lipinski definition) is 2. The van der Waals surface area contributed by atoms with E-state index >= 15 is 0 Å². The van der Waals surface area contributed by atoms with E-state index in [1.165, 1.54) is 24.8 Å². The van der Waals surface area contributed by atoms with Gasteiger partial charge in [0, 0.05) is 41.5 Å². The summed E-state index contributed by atoms with van der Waals surface area (Å²) in [6.45, 7) is 1.96. The fourth-order valence-electron chi connectivity index (χ4n) is 4.43. The summed E-state index contributed by atoms with van der Waals surface area (Å²) in [5.74, 6) is 1.93. The molecule has 0 bridgehead atoms. The van der Waals surface area contributed by atoms with Gasteiger partial charge in [-0.1, -0.05) is 19.3 Å². The number of fused-ring (bicyclic) bond motifs is 2. The highest BCUT2D eigenvalue weighted by Crippen LogP contribution is 2.54. The zero-order valence-electron chi connectivity index (χ0n) is 12.4. The van der Waals surface area contributed by atoms with Crippen molar-refractivity contribution in [2.24, 2.45) is 5.73 Å². The number of phenols is 1. The molecule has 1 aromatic carbocycles. The Hall–Kier alpha value is -1.42. The van der Waals surface area contributed by atoms with Crippen LogP contribution in [0.1, 0.15) is 48.8 Å². The maximum absolute atomic E-state index is 10.5. The Morgan fingerprint density at radius 1 is 0.952 bits per heavy atom. The molecule has 0 atom stereocenters. The minimum Gasteiger partial charge on any atom is -0.504 e. The van der Waals surface area contributed by atoms with Crippen molar-refractivity contribution in [1.82, 2.24) is 0 Å². The molecular weight excluding hydrogens is 266 g/mol. The van der Waals surface area contributed by atoms with Crippen molar-refractivity contribution in [3.63, 3.8) is 0 Å². The fraction of sp³-hybridized carbons (Fsp3) is 0.647. The summed E-state index contributed by atoms with van der Waals surface area (Å²) in [6, 6.07) is 0. The summed E-state index contributed by atoms with van der Waals surface area (Å²) in [7, 11) is 0. The average Bonchev–Trinajstić information content (AvgIpc) is 3.17. The summed E-state index contributed by atoms with van der Waals surface area (Å²) in [5, 5.41) is 10.5. The lowest BCUT2D eigenvalue weighted by atomic mass is 9.67. The molecule has 0 spiro atoms. The van der Waals surface area contributed by atoms with Gasteiger partial charge in [0.1, 0.15) is 5.75 Å². The SMILES string of the molecule is NCC1(c2c3c(c(O)c4c2OCC4)OCC3)CCCCC1. The second-order valence-electron chi connectivity index (χ2n) is 6.58. The summed E-state index contributed by atoms with van der Waals surface area (Å²) in [6.07, 6.45) is 7.61. The topological polar surface area (TPSA) is 64.7 Å². The fourth-order valence-corrected chi connectivity index (χ4v) is 4.43. The van der Waals surface area contributed by atoms with Crippen LogP contribution in [0.4, 0.5) is 0 Å². The van der Waals surface area contributed by atoms with Gasteiger partial charge < -0.3 is 20.3 Å². The first-order chi connectivity index (χ1) is 10.3. The second-order valence-corrected chi connectivity index (χ2v) is 6.58. The molecule has 2 heterocycles. The number of aromatic hydroxyl groups is 1. The first kappa shape index (κ1) is 13.3. The van der Waals surface area contributed by atoms with Crippen LogP contribution in [0.3, 0.4) is 0 Å². The molecule has 4 nitrogen and oxygen atoms in total. The van der Waals surface area contributed by atoms with Gasteiger partial charge in [-0.25, -0.2) is 0 Å². The number of phenolic OH excluding ortho intramolecular Hbond substituents is 1. The second kappa shape index (κ2) is 4.80. The van der Waals surface area contributed by atoms with E-state index in [2.05, 4.69) is 0 Å². The van der Waals surface area contributed by atoms with Crippen LogP contribution in [0.25, 0.3) is 0 Å². The molecule has 1 fully saturated rings. The molecule has 114 valence electrons. The number of nitrogens with two attached hydrogens (primary N) is 1. The van der Waals surface area contributed by atoms with Crippen molar-refractivity contribution in [3.05, 3.63) is 16.7 Å². The summed E-state index contributed by atoms with van der Waals surface area (Å²) < 4.78 is 11.7. The third kappa shape index (κ3) is 1.78. The molecule has 4 rings (SSSR count). The lowest BCUT2D eigenvalue weighted by Gasteiger charge is -2.39. The van der Waals surface area contributed by atoms with Crippen LogP contribution in [0.2, 0.25) is 0 Å². The standard InChI is InChI=1S/C17H23NO3/c18-10-17(6-2-1-3-7-17)13-11-4-8-21-16(11)14(19)12-5-9-20-15(12)13/h19H,1-10,18H2. The Morgan fingerprint density at radius 2 is 1.62 bits per heavy atom. The van der Waals surface area contributed by atoms with E-state index in [1.54, 1.807) is 0 Å². The monoisotopic (exact) mass is 289 g/mol. The maximum Gasteiger partial charge on any atom is 0.165 e. The van der Waals surface area contributed by atoms with Crippen LogP contribution < -0.4 is 15.2 Å². The smallest absolute Gasteiger partial charge is 0.165 e. The number of rotatable bonds is 2. The number of ether oxygens (including phenoxy) is 2. The van der Waals surface area contributed by atoms with E-state index in [4.69, 9.17) is 15.2 Å². The molecule has 0 aromatic heterocycles. The molecule has 2 aliphatic heterocycles. The molecule has 0 radical (unpaired) electrons. The molecule has 0 amide bonds. The average molecular weight is 289 g/mol. The Morgan fingerprint density at radius 3 is 2.33 bits per heavy atom. The van der Waals surface area contributed by atoms with Crippen molar-refractivity contribution in [2.75, 3.05) is 19.8 Å². The predicted octanol–water partition coefficient (Wildman–Crippen LogP) is 2.42. The van der Waals surface area contributed by atoms with Crippen LogP contribution in [-0.4, -0.2) is 24.9 Å². The van der Waals surface area contributed by atoms with Gasteiger partial charge in [-0.05, 0) is 12.8 Å². The van der Waals surface area contributed by atoms with Crippen molar-refractivity contribution in [2.45, 2.75) is 50.4 Å². The predicted molar refractivity (Wildman–Crippen MR) is 80.3 cm³/mol.